The monoisotopic (exact) mass is 640 g/mol. The summed E-state index contributed by atoms with van der Waals surface area (Å²) < 4.78 is 5.40. The number of aromatic nitrogens is 6. The van der Waals surface area contributed by atoms with E-state index in [1.807, 2.05) is 0 Å². The second kappa shape index (κ2) is 12.1. The number of carboxylic acid groups (broad SMARTS) is 1. The third-order valence-electron chi connectivity index (χ3n) is 6.10. The van der Waals surface area contributed by atoms with Crippen molar-refractivity contribution in [1.29, 1.82) is 0 Å². The zero-order chi connectivity index (χ0) is 29.1. The van der Waals surface area contributed by atoms with Gasteiger partial charge in [0.25, 0.3) is 5.91 Å². The minimum atomic E-state index is -1.28. The van der Waals surface area contributed by atoms with Crippen LogP contribution in [0.4, 0.5) is 5.13 Å². The molecule has 3 atom stereocenters. The summed E-state index contributed by atoms with van der Waals surface area (Å²) in [5.74, 6) is -1.81. The molecule has 2 unspecified atom stereocenters. The van der Waals surface area contributed by atoms with Gasteiger partial charge in [-0.1, -0.05) is 28.5 Å². The first-order valence-corrected chi connectivity index (χ1v) is 15.0. The topological polar surface area (TPSA) is 224 Å². The number of amides is 2. The van der Waals surface area contributed by atoms with E-state index in [4.69, 9.17) is 27.3 Å². The highest BCUT2D eigenvalue weighted by atomic mass is 35.5. The van der Waals surface area contributed by atoms with Crippen molar-refractivity contribution < 1.29 is 29.4 Å². The van der Waals surface area contributed by atoms with Crippen molar-refractivity contribution in [3.05, 3.63) is 35.1 Å². The van der Waals surface area contributed by atoms with Crippen molar-refractivity contribution in [3.63, 3.8) is 0 Å². The number of aliphatic hydroxyl groups is 1. The second-order valence-electron chi connectivity index (χ2n) is 8.84. The Bertz CT molecular complexity index is 1490. The summed E-state index contributed by atoms with van der Waals surface area (Å²) in [5.41, 5.74) is 4.10. The van der Waals surface area contributed by atoms with Gasteiger partial charge in [-0.3, -0.25) is 14.4 Å². The Kier molecular flexibility index (Phi) is 8.59. The molecule has 0 bridgehead atoms. The molecule has 3 aromatic rings. The molecule has 41 heavy (non-hydrogen) atoms. The van der Waals surface area contributed by atoms with Crippen molar-refractivity contribution >= 4 is 75.3 Å². The van der Waals surface area contributed by atoms with E-state index in [1.54, 1.807) is 24.3 Å². The van der Waals surface area contributed by atoms with Crippen LogP contribution in [-0.2, 0) is 20.9 Å². The number of nitrogen functional groups attached to an aromatic ring is 1. The van der Waals surface area contributed by atoms with Crippen molar-refractivity contribution in [2.75, 3.05) is 30.4 Å². The molecule has 216 valence electrons. The molecule has 5 rings (SSSR count). The lowest BCUT2D eigenvalue weighted by atomic mass is 9.89. The molecule has 2 aromatic heterocycles. The number of hydrogen-bond acceptors (Lipinski definition) is 15. The highest BCUT2D eigenvalue weighted by molar-refractivity contribution is 8.00. The number of nitrogens with two attached hydrogens (primary N) is 1. The summed E-state index contributed by atoms with van der Waals surface area (Å²) in [5, 5.41) is 37.5. The number of benzene rings is 1. The number of carbonyl (C=O) groups excluding carboxylic acids is 2. The molecule has 0 radical (unpaired) electrons. The highest BCUT2D eigenvalue weighted by Gasteiger charge is 2.57. The van der Waals surface area contributed by atoms with Gasteiger partial charge >= 0.3 is 5.97 Å². The largest absolute Gasteiger partial charge is 0.481 e. The summed E-state index contributed by atoms with van der Waals surface area (Å²) in [6, 6.07) is 5.34. The van der Waals surface area contributed by atoms with Gasteiger partial charge in [-0.05, 0) is 34.7 Å². The quantitative estimate of drug-likeness (QED) is 0.0922. The van der Waals surface area contributed by atoms with Gasteiger partial charge in [-0.25, -0.2) is 4.68 Å². The fourth-order valence-corrected chi connectivity index (χ4v) is 7.29. The predicted octanol–water partition coefficient (Wildman–Crippen LogP) is -0.201. The van der Waals surface area contributed by atoms with Crippen LogP contribution in [0, 0.1) is 5.41 Å². The van der Waals surface area contributed by atoms with Crippen LogP contribution < -0.4 is 15.9 Å². The fraction of sp³-hybridized carbons (Fsp3) is 0.381. The summed E-state index contributed by atoms with van der Waals surface area (Å²) in [4.78, 5) is 49.5. The van der Waals surface area contributed by atoms with Crippen LogP contribution in [0.1, 0.15) is 5.82 Å². The smallest absolute Gasteiger partial charge is 0.313 e. The third-order valence-corrected chi connectivity index (χ3v) is 9.73. The Morgan fingerprint density at radius 3 is 2.80 bits per heavy atom. The highest BCUT2D eigenvalue weighted by Crippen LogP contribution is 2.44. The van der Waals surface area contributed by atoms with E-state index >= 15 is 0 Å². The maximum absolute atomic E-state index is 13.2. The van der Waals surface area contributed by atoms with Gasteiger partial charge in [0.1, 0.15) is 16.8 Å². The molecular formula is C21H21ClN10O6S3. The van der Waals surface area contributed by atoms with Crippen LogP contribution in [0.3, 0.4) is 0 Å². The normalized spacial score (nSPS) is 22.1. The van der Waals surface area contributed by atoms with Gasteiger partial charge in [0.15, 0.2) is 10.9 Å². The van der Waals surface area contributed by atoms with Crippen molar-refractivity contribution in [2.45, 2.75) is 23.1 Å². The van der Waals surface area contributed by atoms with Gasteiger partial charge in [0, 0.05) is 34.6 Å². The number of rotatable bonds is 11. The van der Waals surface area contributed by atoms with Crippen LogP contribution in [0.25, 0.3) is 0 Å². The number of nitrogens with one attached hydrogen (secondary N) is 1. The van der Waals surface area contributed by atoms with E-state index in [2.05, 4.69) is 35.4 Å². The number of hydrogen-bond donors (Lipinski definition) is 4. The summed E-state index contributed by atoms with van der Waals surface area (Å²) >= 11 is 9.12. The Morgan fingerprint density at radius 1 is 1.34 bits per heavy atom. The number of oxime groups is 1. The van der Waals surface area contributed by atoms with Gasteiger partial charge in [0.05, 0.1) is 13.2 Å². The van der Waals surface area contributed by atoms with Crippen LogP contribution in [0.5, 0.6) is 5.75 Å². The Hall–Kier alpha value is -3.52. The molecule has 2 fully saturated rings. The first-order valence-electron chi connectivity index (χ1n) is 11.8. The molecule has 2 aliphatic rings. The Morgan fingerprint density at radius 2 is 2.12 bits per heavy atom. The van der Waals surface area contributed by atoms with Gasteiger partial charge in [-0.15, -0.1) is 16.9 Å². The SMILES string of the molecule is Nc1nc(C(=NOc2ccc(Cl)cc2)C(=O)NC2C(=O)N3CC(CSc4nnnn4CCO)(C(=O)O)CS[C@H]23)ns1. The molecule has 2 saturated heterocycles. The molecule has 20 heteroatoms. The molecule has 1 aromatic carbocycles. The molecular weight excluding hydrogens is 620 g/mol. The number of aliphatic carboxylic acids is 1. The number of anilines is 1. The van der Waals surface area contributed by atoms with Gasteiger partial charge < -0.3 is 31.0 Å². The minimum Gasteiger partial charge on any atom is -0.481 e. The molecule has 2 aliphatic heterocycles. The average molecular weight is 641 g/mol. The maximum atomic E-state index is 13.2. The van der Waals surface area contributed by atoms with Crippen molar-refractivity contribution in [1.82, 2.24) is 39.8 Å². The van der Waals surface area contributed by atoms with E-state index < -0.39 is 34.6 Å². The number of carboxylic acids is 1. The van der Waals surface area contributed by atoms with Crippen LogP contribution >= 0.6 is 46.7 Å². The van der Waals surface area contributed by atoms with E-state index in [0.717, 1.165) is 23.3 Å². The number of aliphatic hydroxyl groups excluding tert-OH is 1. The number of fused-ring (bicyclic) bond motifs is 1. The molecule has 16 nitrogen and oxygen atoms in total. The zero-order valence-electron chi connectivity index (χ0n) is 20.8. The maximum Gasteiger partial charge on any atom is 0.313 e. The zero-order valence-corrected chi connectivity index (χ0v) is 24.0. The van der Waals surface area contributed by atoms with Crippen molar-refractivity contribution in [3.8, 4) is 5.75 Å². The number of thioether (sulfide) groups is 2. The van der Waals surface area contributed by atoms with E-state index in [1.165, 1.54) is 21.3 Å². The summed E-state index contributed by atoms with van der Waals surface area (Å²) in [6.45, 7) is -0.0803. The fourth-order valence-electron chi connectivity index (χ4n) is 3.96. The first-order chi connectivity index (χ1) is 19.7. The standard InChI is InChI=1S/C21H21ClN10O6S3/c22-10-1-3-11(4-2-10)38-27-12(14-25-19(23)41-28-14)15(34)24-13-16(35)31-7-21(18(36)37,8-39-17(13)31)9-40-20-26-29-30-32(20)5-6-33/h1-4,13,17,33H,5-9H2,(H,24,34)(H,36,37)(H2,23,25,28)/t13?,17-,21?/m1/s1. The van der Waals surface area contributed by atoms with E-state index in [0.29, 0.717) is 15.9 Å². The second-order valence-corrected chi connectivity index (χ2v) is 12.1. The molecule has 2 amide bonds. The van der Waals surface area contributed by atoms with Gasteiger partial charge in [0.2, 0.25) is 22.6 Å². The lowest BCUT2D eigenvalue weighted by Crippen LogP contribution is -2.74. The van der Waals surface area contributed by atoms with Crippen LogP contribution in [0.2, 0.25) is 5.02 Å². The summed E-state index contributed by atoms with van der Waals surface area (Å²) in [7, 11) is 0. The lowest BCUT2D eigenvalue weighted by Gasteiger charge is -2.53. The number of tetrazole rings is 1. The Labute approximate surface area is 248 Å². The average Bonchev–Trinajstić information content (AvgIpc) is 3.60. The molecule has 4 heterocycles. The molecule has 5 N–H and O–H groups in total. The Balaban J connectivity index is 1.26. The third kappa shape index (κ3) is 6.08. The number of halogens is 1. The van der Waals surface area contributed by atoms with Crippen LogP contribution in [0.15, 0.2) is 34.6 Å². The van der Waals surface area contributed by atoms with Crippen LogP contribution in [-0.4, -0.2) is 104 Å². The lowest BCUT2D eigenvalue weighted by molar-refractivity contribution is -0.157. The number of carbonyl (C=O) groups is 3. The molecule has 0 spiro atoms. The molecule has 0 aliphatic carbocycles. The first kappa shape index (κ1) is 29.0. The molecule has 0 saturated carbocycles. The van der Waals surface area contributed by atoms with E-state index in [-0.39, 0.29) is 47.9 Å². The van der Waals surface area contributed by atoms with Gasteiger partial charge in [-0.2, -0.15) is 9.36 Å². The number of β-lactam (4-membered cyclic amide) rings is 1. The predicted molar refractivity (Wildman–Crippen MR) is 149 cm³/mol. The summed E-state index contributed by atoms with van der Waals surface area (Å²) in [6.07, 6.45) is 0. The minimum absolute atomic E-state index is 0.0649. The number of nitrogens with zero attached hydrogens (tertiary/aromatic N) is 8. The van der Waals surface area contributed by atoms with Crippen molar-refractivity contribution in [2.24, 2.45) is 10.6 Å². The van der Waals surface area contributed by atoms with E-state index in [9.17, 15) is 19.5 Å².